The summed E-state index contributed by atoms with van der Waals surface area (Å²) in [6, 6.07) is 13.5. The molecule has 0 spiro atoms. The zero-order valence-corrected chi connectivity index (χ0v) is 14.5. The smallest absolute Gasteiger partial charge is 0.261 e. The van der Waals surface area contributed by atoms with Gasteiger partial charge in [-0.05, 0) is 65.2 Å². The van der Waals surface area contributed by atoms with Gasteiger partial charge in [-0.1, -0.05) is 12.1 Å². The summed E-state index contributed by atoms with van der Waals surface area (Å²) in [6.45, 7) is 0.643. The van der Waals surface area contributed by atoms with Gasteiger partial charge in [-0.3, -0.25) is 4.79 Å². The molecule has 1 aliphatic heterocycles. The molecule has 4 rings (SSSR count). The molecule has 3 aromatic rings. The van der Waals surface area contributed by atoms with Crippen LogP contribution in [0.15, 0.2) is 54.9 Å². The topological polar surface area (TPSA) is 73.1 Å². The summed E-state index contributed by atoms with van der Waals surface area (Å²) in [4.78, 5) is 14.4. The number of aromatic nitrogens is 4. The van der Waals surface area contributed by atoms with Gasteiger partial charge < -0.3 is 9.64 Å². The quantitative estimate of drug-likeness (QED) is 0.693. The normalized spacial score (nSPS) is 16.5. The molecule has 1 unspecified atom stereocenters. The summed E-state index contributed by atoms with van der Waals surface area (Å²) in [5, 5.41) is 11.0. The van der Waals surface area contributed by atoms with Crippen LogP contribution in [0.5, 0.6) is 5.75 Å². The molecule has 8 heteroatoms. The van der Waals surface area contributed by atoms with Gasteiger partial charge in [-0.15, -0.1) is 5.10 Å². The number of hydrogen-bond donors (Lipinski definition) is 0. The van der Waals surface area contributed by atoms with E-state index in [9.17, 15) is 9.18 Å². The zero-order chi connectivity index (χ0) is 18.6. The molecule has 2 heterocycles. The Hall–Kier alpha value is -3.29. The third kappa shape index (κ3) is 3.79. The fourth-order valence-electron chi connectivity index (χ4n) is 3.30. The Morgan fingerprint density at radius 1 is 1.15 bits per heavy atom. The first-order valence-corrected chi connectivity index (χ1v) is 8.72. The average Bonchev–Trinajstić information content (AvgIpc) is 3.39. The van der Waals surface area contributed by atoms with E-state index < -0.39 is 0 Å². The van der Waals surface area contributed by atoms with Crippen LogP contribution in [0, 0.1) is 5.82 Å². The standard InChI is InChI=1S/C19H18FN5O2/c20-15-5-3-14(4-6-15)18-2-1-11-24(18)19(26)12-27-17-9-7-16(8-10-17)25-13-21-22-23-25/h3-10,13,18H,1-2,11-12H2. The predicted octanol–water partition coefficient (Wildman–Crippen LogP) is 2.54. The first kappa shape index (κ1) is 17.1. The van der Waals surface area contributed by atoms with E-state index in [1.807, 2.05) is 17.0 Å². The van der Waals surface area contributed by atoms with E-state index in [2.05, 4.69) is 15.5 Å². The second-order valence-electron chi connectivity index (χ2n) is 6.33. The molecule has 1 saturated heterocycles. The lowest BCUT2D eigenvalue weighted by Crippen LogP contribution is -2.34. The Balaban J connectivity index is 1.38. The Morgan fingerprint density at radius 3 is 2.63 bits per heavy atom. The molecule has 1 atom stereocenters. The number of carbonyl (C=O) groups excluding carboxylic acids is 1. The van der Waals surface area contributed by atoms with Crippen LogP contribution in [0.25, 0.3) is 5.69 Å². The predicted molar refractivity (Wildman–Crippen MR) is 94.7 cm³/mol. The molecular formula is C19H18FN5O2. The highest BCUT2D eigenvalue weighted by Crippen LogP contribution is 2.32. The van der Waals surface area contributed by atoms with Crippen LogP contribution in [-0.2, 0) is 4.79 Å². The van der Waals surface area contributed by atoms with E-state index in [0.717, 1.165) is 24.1 Å². The SMILES string of the molecule is O=C(COc1ccc(-n2cnnn2)cc1)N1CCCC1c1ccc(F)cc1. The molecular weight excluding hydrogens is 349 g/mol. The maximum atomic E-state index is 13.1. The van der Waals surface area contributed by atoms with E-state index in [1.54, 1.807) is 24.3 Å². The maximum absolute atomic E-state index is 13.1. The maximum Gasteiger partial charge on any atom is 0.261 e. The first-order chi connectivity index (χ1) is 13.2. The van der Waals surface area contributed by atoms with Gasteiger partial charge in [0.1, 0.15) is 17.9 Å². The second kappa shape index (κ2) is 7.53. The van der Waals surface area contributed by atoms with Crippen molar-refractivity contribution >= 4 is 5.91 Å². The first-order valence-electron chi connectivity index (χ1n) is 8.72. The van der Waals surface area contributed by atoms with Gasteiger partial charge in [0.25, 0.3) is 5.91 Å². The van der Waals surface area contributed by atoms with Crippen molar-refractivity contribution in [2.75, 3.05) is 13.2 Å². The van der Waals surface area contributed by atoms with Gasteiger partial charge in [-0.25, -0.2) is 9.07 Å². The number of benzene rings is 2. The molecule has 27 heavy (non-hydrogen) atoms. The molecule has 0 bridgehead atoms. The number of tetrazole rings is 1. The van der Waals surface area contributed by atoms with Crippen LogP contribution in [0.4, 0.5) is 4.39 Å². The summed E-state index contributed by atoms with van der Waals surface area (Å²) in [5.74, 6) is 0.243. The van der Waals surface area contributed by atoms with Crippen LogP contribution in [0.2, 0.25) is 0 Å². The summed E-state index contributed by atoms with van der Waals surface area (Å²) in [5.41, 5.74) is 1.75. The molecule has 1 aliphatic rings. The molecule has 1 fully saturated rings. The Morgan fingerprint density at radius 2 is 1.93 bits per heavy atom. The lowest BCUT2D eigenvalue weighted by Gasteiger charge is -2.25. The number of rotatable bonds is 5. The third-order valence-electron chi connectivity index (χ3n) is 4.64. The molecule has 1 amide bonds. The molecule has 0 N–H and O–H groups in total. The van der Waals surface area contributed by atoms with Gasteiger partial charge in [0.05, 0.1) is 11.7 Å². The van der Waals surface area contributed by atoms with Crippen LogP contribution in [-0.4, -0.2) is 44.2 Å². The van der Waals surface area contributed by atoms with Crippen molar-refractivity contribution in [2.24, 2.45) is 0 Å². The summed E-state index contributed by atoms with van der Waals surface area (Å²) in [6.07, 6.45) is 3.30. The summed E-state index contributed by atoms with van der Waals surface area (Å²) >= 11 is 0. The summed E-state index contributed by atoms with van der Waals surface area (Å²) < 4.78 is 20.3. The minimum Gasteiger partial charge on any atom is -0.484 e. The fraction of sp³-hybridized carbons (Fsp3) is 0.263. The van der Waals surface area contributed by atoms with E-state index >= 15 is 0 Å². The van der Waals surface area contributed by atoms with Crippen molar-refractivity contribution < 1.29 is 13.9 Å². The average molecular weight is 367 g/mol. The molecule has 138 valence electrons. The molecule has 7 nitrogen and oxygen atoms in total. The van der Waals surface area contributed by atoms with Gasteiger partial charge in [0.15, 0.2) is 6.61 Å². The summed E-state index contributed by atoms with van der Waals surface area (Å²) in [7, 11) is 0. The number of ether oxygens (including phenoxy) is 1. The van der Waals surface area contributed by atoms with Gasteiger partial charge in [0, 0.05) is 6.54 Å². The van der Waals surface area contributed by atoms with Crippen LogP contribution in [0.1, 0.15) is 24.4 Å². The van der Waals surface area contributed by atoms with E-state index in [4.69, 9.17) is 4.74 Å². The Kier molecular flexibility index (Phi) is 4.78. The Bertz CT molecular complexity index is 897. The molecule has 0 aliphatic carbocycles. The van der Waals surface area contributed by atoms with Crippen molar-refractivity contribution in [3.8, 4) is 11.4 Å². The van der Waals surface area contributed by atoms with E-state index in [-0.39, 0.29) is 24.4 Å². The van der Waals surface area contributed by atoms with Crippen molar-refractivity contribution in [2.45, 2.75) is 18.9 Å². The number of hydrogen-bond acceptors (Lipinski definition) is 5. The van der Waals surface area contributed by atoms with E-state index in [0.29, 0.717) is 12.3 Å². The largest absolute Gasteiger partial charge is 0.484 e. The number of carbonyl (C=O) groups is 1. The highest BCUT2D eigenvalue weighted by molar-refractivity contribution is 5.78. The minimum atomic E-state index is -0.275. The van der Waals surface area contributed by atoms with Gasteiger partial charge in [-0.2, -0.15) is 0 Å². The van der Waals surface area contributed by atoms with Crippen molar-refractivity contribution in [3.63, 3.8) is 0 Å². The van der Waals surface area contributed by atoms with Gasteiger partial charge >= 0.3 is 0 Å². The monoisotopic (exact) mass is 367 g/mol. The minimum absolute atomic E-state index is 0.0242. The van der Waals surface area contributed by atoms with Gasteiger partial charge in [0.2, 0.25) is 0 Å². The fourth-order valence-corrected chi connectivity index (χ4v) is 3.30. The number of amides is 1. The van der Waals surface area contributed by atoms with E-state index in [1.165, 1.54) is 23.1 Å². The highest BCUT2D eigenvalue weighted by atomic mass is 19.1. The number of halogens is 1. The molecule has 0 saturated carbocycles. The van der Waals surface area contributed by atoms with Crippen LogP contribution < -0.4 is 4.74 Å². The highest BCUT2D eigenvalue weighted by Gasteiger charge is 2.30. The number of nitrogens with zero attached hydrogens (tertiary/aromatic N) is 5. The third-order valence-corrected chi connectivity index (χ3v) is 4.64. The zero-order valence-electron chi connectivity index (χ0n) is 14.5. The van der Waals surface area contributed by atoms with Crippen molar-refractivity contribution in [1.82, 2.24) is 25.1 Å². The van der Waals surface area contributed by atoms with Crippen LogP contribution in [0.3, 0.4) is 0 Å². The Labute approximate surface area is 155 Å². The molecule has 1 aromatic heterocycles. The van der Waals surface area contributed by atoms with Crippen LogP contribution >= 0.6 is 0 Å². The lowest BCUT2D eigenvalue weighted by molar-refractivity contribution is -0.134. The lowest BCUT2D eigenvalue weighted by atomic mass is 10.0. The van der Waals surface area contributed by atoms with Crippen molar-refractivity contribution in [1.29, 1.82) is 0 Å². The second-order valence-corrected chi connectivity index (χ2v) is 6.33. The molecule has 0 radical (unpaired) electrons. The number of likely N-dealkylation sites (tertiary alicyclic amines) is 1. The molecule has 2 aromatic carbocycles. The van der Waals surface area contributed by atoms with Crippen molar-refractivity contribution in [3.05, 3.63) is 66.2 Å².